The van der Waals surface area contributed by atoms with Crippen LogP contribution in [0.4, 0.5) is 13.2 Å². The molecule has 18 heavy (non-hydrogen) atoms. The van der Waals surface area contributed by atoms with E-state index in [1.807, 2.05) is 13.1 Å². The Morgan fingerprint density at radius 3 is 2.83 bits per heavy atom. The Morgan fingerprint density at radius 1 is 1.50 bits per heavy atom. The average Bonchev–Trinajstić information content (AvgIpc) is 2.75. The van der Waals surface area contributed by atoms with Crippen LogP contribution in [-0.4, -0.2) is 29.2 Å². The summed E-state index contributed by atoms with van der Waals surface area (Å²) in [6.45, 7) is 1.36. The normalized spacial score (nSPS) is 13.8. The summed E-state index contributed by atoms with van der Waals surface area (Å²) in [6.07, 6.45) is 0.521. The summed E-state index contributed by atoms with van der Waals surface area (Å²) < 4.78 is 41.5. The van der Waals surface area contributed by atoms with Gasteiger partial charge in [-0.15, -0.1) is 11.6 Å². The number of halogens is 4. The van der Waals surface area contributed by atoms with Crippen LogP contribution >= 0.6 is 11.6 Å². The quantitative estimate of drug-likeness (QED) is 0.566. The summed E-state index contributed by atoms with van der Waals surface area (Å²) in [5.74, 6) is 0. The number of hydrogen-bond donors (Lipinski definition) is 0. The molecule has 0 radical (unpaired) electrons. The highest BCUT2D eigenvalue weighted by Crippen LogP contribution is 2.22. The van der Waals surface area contributed by atoms with Crippen LogP contribution in [0.1, 0.15) is 30.7 Å². The van der Waals surface area contributed by atoms with Crippen molar-refractivity contribution in [1.82, 2.24) is 9.78 Å². The van der Waals surface area contributed by atoms with Crippen molar-refractivity contribution in [2.24, 2.45) is 0 Å². The molecule has 0 saturated carbocycles. The lowest BCUT2D eigenvalue weighted by molar-refractivity contribution is -0.174. The number of hydrogen-bond acceptors (Lipinski definition) is 2. The Kier molecular flexibility index (Phi) is 5.95. The molecule has 0 N–H and O–H groups in total. The van der Waals surface area contributed by atoms with Crippen molar-refractivity contribution in [3.8, 4) is 0 Å². The molecule has 1 atom stereocenters. The van der Waals surface area contributed by atoms with Crippen molar-refractivity contribution in [1.29, 1.82) is 0 Å². The van der Waals surface area contributed by atoms with Gasteiger partial charge >= 0.3 is 6.18 Å². The monoisotopic (exact) mass is 284 g/mol. The zero-order chi connectivity index (χ0) is 13.6. The van der Waals surface area contributed by atoms with Gasteiger partial charge in [0, 0.05) is 24.9 Å². The molecule has 0 aromatic carbocycles. The zero-order valence-electron chi connectivity index (χ0n) is 10.1. The first kappa shape index (κ1) is 15.3. The van der Waals surface area contributed by atoms with Crippen molar-refractivity contribution < 1.29 is 17.9 Å². The predicted octanol–water partition coefficient (Wildman–Crippen LogP) is 3.54. The largest absolute Gasteiger partial charge is 0.411 e. The molecule has 0 aliphatic rings. The third-order valence-electron chi connectivity index (χ3n) is 2.31. The number of rotatable bonds is 7. The minimum Gasteiger partial charge on any atom is -0.372 e. The first-order chi connectivity index (χ1) is 8.42. The fourth-order valence-electron chi connectivity index (χ4n) is 1.42. The highest BCUT2D eigenvalue weighted by Gasteiger charge is 2.27. The molecule has 0 fully saturated rings. The Morgan fingerprint density at radius 2 is 2.22 bits per heavy atom. The van der Waals surface area contributed by atoms with Gasteiger partial charge in [0.2, 0.25) is 0 Å². The van der Waals surface area contributed by atoms with Gasteiger partial charge < -0.3 is 4.74 Å². The Bertz CT molecular complexity index is 354. The molecule has 1 rings (SSSR count). The first-order valence-corrected chi connectivity index (χ1v) is 6.17. The van der Waals surface area contributed by atoms with E-state index in [0.717, 1.165) is 12.0 Å². The summed E-state index contributed by atoms with van der Waals surface area (Å²) in [7, 11) is 0. The number of alkyl halides is 4. The number of aryl methyl sites for hydroxylation is 1. The second-order valence-electron chi connectivity index (χ2n) is 3.93. The van der Waals surface area contributed by atoms with Crippen molar-refractivity contribution >= 4 is 11.6 Å². The maximum absolute atomic E-state index is 11.8. The summed E-state index contributed by atoms with van der Waals surface area (Å²) >= 11 is 6.03. The van der Waals surface area contributed by atoms with Crippen LogP contribution in [0.5, 0.6) is 0 Å². The topological polar surface area (TPSA) is 27.1 Å². The predicted molar refractivity (Wildman–Crippen MR) is 62.6 cm³/mol. The summed E-state index contributed by atoms with van der Waals surface area (Å²) in [5.41, 5.74) is 0.926. The molecule has 0 bridgehead atoms. The Labute approximate surface area is 109 Å². The number of ether oxygens (including phenoxy) is 1. The van der Waals surface area contributed by atoms with Crippen molar-refractivity contribution in [2.75, 3.05) is 13.2 Å². The standard InChI is InChI=1S/C11H16ClF3N2O/c1-2-10(12)9-6-16-17(7-9)4-3-5-18-8-11(13,14)15/h6-7,10H,2-5,8H2,1H3. The van der Waals surface area contributed by atoms with E-state index in [1.54, 1.807) is 10.9 Å². The van der Waals surface area contributed by atoms with Gasteiger partial charge in [0.1, 0.15) is 6.61 Å². The Hall–Kier alpha value is -0.750. The first-order valence-electron chi connectivity index (χ1n) is 5.73. The third kappa shape index (κ3) is 5.73. The molecule has 0 saturated heterocycles. The minimum absolute atomic E-state index is 0.0623. The molecule has 7 heteroatoms. The summed E-state index contributed by atoms with van der Waals surface area (Å²) in [4.78, 5) is 0. The SMILES string of the molecule is CCC(Cl)c1cnn(CCCOCC(F)(F)F)c1. The van der Waals surface area contributed by atoms with Gasteiger partial charge in [-0.1, -0.05) is 6.92 Å². The van der Waals surface area contributed by atoms with Gasteiger partial charge in [0.15, 0.2) is 0 Å². The highest BCUT2D eigenvalue weighted by molar-refractivity contribution is 6.20. The van der Waals surface area contributed by atoms with Gasteiger partial charge in [-0.3, -0.25) is 4.68 Å². The molecular formula is C11H16ClF3N2O. The van der Waals surface area contributed by atoms with E-state index in [4.69, 9.17) is 11.6 Å². The van der Waals surface area contributed by atoms with E-state index in [1.165, 1.54) is 0 Å². The highest BCUT2D eigenvalue weighted by atomic mass is 35.5. The van der Waals surface area contributed by atoms with Gasteiger partial charge in [0.05, 0.1) is 11.6 Å². The fourth-order valence-corrected chi connectivity index (χ4v) is 1.53. The summed E-state index contributed by atoms with van der Waals surface area (Å²) in [5, 5.41) is 4.02. The van der Waals surface area contributed by atoms with Gasteiger partial charge in [-0.2, -0.15) is 18.3 Å². The molecule has 104 valence electrons. The van der Waals surface area contributed by atoms with Crippen molar-refractivity contribution in [2.45, 2.75) is 37.9 Å². The van der Waals surface area contributed by atoms with Gasteiger partial charge in [-0.25, -0.2) is 0 Å². The van der Waals surface area contributed by atoms with Crippen LogP contribution in [0.15, 0.2) is 12.4 Å². The average molecular weight is 285 g/mol. The minimum atomic E-state index is -4.26. The fraction of sp³-hybridized carbons (Fsp3) is 0.727. The van der Waals surface area contributed by atoms with E-state index in [2.05, 4.69) is 9.84 Å². The molecule has 0 aliphatic heterocycles. The van der Waals surface area contributed by atoms with E-state index in [-0.39, 0.29) is 12.0 Å². The lowest BCUT2D eigenvalue weighted by atomic mass is 10.2. The molecule has 1 unspecified atom stereocenters. The molecule has 1 aromatic rings. The maximum Gasteiger partial charge on any atom is 0.411 e. The van der Waals surface area contributed by atoms with Crippen LogP contribution in [0.3, 0.4) is 0 Å². The number of aromatic nitrogens is 2. The lowest BCUT2D eigenvalue weighted by Gasteiger charge is -2.07. The second-order valence-corrected chi connectivity index (χ2v) is 4.46. The van der Waals surface area contributed by atoms with Gasteiger partial charge in [-0.05, 0) is 12.8 Å². The molecule has 1 aromatic heterocycles. The molecule has 0 spiro atoms. The van der Waals surface area contributed by atoms with Crippen LogP contribution in [0, 0.1) is 0 Å². The molecular weight excluding hydrogens is 269 g/mol. The van der Waals surface area contributed by atoms with Crippen LogP contribution < -0.4 is 0 Å². The molecule has 0 amide bonds. The van der Waals surface area contributed by atoms with E-state index < -0.39 is 12.8 Å². The van der Waals surface area contributed by atoms with Crippen LogP contribution in [-0.2, 0) is 11.3 Å². The molecule has 0 aliphatic carbocycles. The Balaban J connectivity index is 2.22. The lowest BCUT2D eigenvalue weighted by Crippen LogP contribution is -2.17. The van der Waals surface area contributed by atoms with Crippen LogP contribution in [0.2, 0.25) is 0 Å². The molecule has 1 heterocycles. The van der Waals surface area contributed by atoms with Crippen LogP contribution in [0.25, 0.3) is 0 Å². The number of nitrogens with zero attached hydrogens (tertiary/aromatic N) is 2. The van der Waals surface area contributed by atoms with E-state index >= 15 is 0 Å². The van der Waals surface area contributed by atoms with Crippen molar-refractivity contribution in [3.63, 3.8) is 0 Å². The van der Waals surface area contributed by atoms with E-state index in [9.17, 15) is 13.2 Å². The molecule has 3 nitrogen and oxygen atoms in total. The zero-order valence-corrected chi connectivity index (χ0v) is 10.8. The van der Waals surface area contributed by atoms with Gasteiger partial charge in [0.25, 0.3) is 0 Å². The van der Waals surface area contributed by atoms with Crippen molar-refractivity contribution in [3.05, 3.63) is 18.0 Å². The summed E-state index contributed by atoms with van der Waals surface area (Å²) in [6, 6.07) is 0. The maximum atomic E-state index is 11.8. The smallest absolute Gasteiger partial charge is 0.372 e. The van der Waals surface area contributed by atoms with E-state index in [0.29, 0.717) is 13.0 Å². The third-order valence-corrected chi connectivity index (χ3v) is 2.88. The second kappa shape index (κ2) is 6.99.